The molecule has 0 saturated heterocycles. The van der Waals surface area contributed by atoms with Gasteiger partial charge in [0.05, 0.1) is 7.11 Å². The van der Waals surface area contributed by atoms with Crippen LogP contribution in [-0.4, -0.2) is 29.0 Å². The number of alkyl halides is 1. The van der Waals surface area contributed by atoms with E-state index in [0.29, 0.717) is 16.7 Å². The van der Waals surface area contributed by atoms with Gasteiger partial charge in [0.25, 0.3) is 0 Å². The SMILES string of the molecule is COc1c(Cl)ncnc1NCCBr. The van der Waals surface area contributed by atoms with Crippen molar-refractivity contribution in [2.75, 3.05) is 24.3 Å². The molecule has 0 atom stereocenters. The summed E-state index contributed by atoms with van der Waals surface area (Å²) in [5, 5.41) is 4.19. The lowest BCUT2D eigenvalue weighted by atomic mass is 10.5. The summed E-state index contributed by atoms with van der Waals surface area (Å²) in [6.45, 7) is 0.754. The highest BCUT2D eigenvalue weighted by Crippen LogP contribution is 2.27. The lowest BCUT2D eigenvalue weighted by Gasteiger charge is -2.08. The smallest absolute Gasteiger partial charge is 0.198 e. The third-order valence-corrected chi connectivity index (χ3v) is 2.02. The van der Waals surface area contributed by atoms with Crippen LogP contribution in [0.1, 0.15) is 0 Å². The molecule has 0 amide bonds. The molecule has 4 nitrogen and oxygen atoms in total. The van der Waals surface area contributed by atoms with Crippen LogP contribution in [0.5, 0.6) is 5.75 Å². The van der Waals surface area contributed by atoms with Gasteiger partial charge in [-0.25, -0.2) is 9.97 Å². The fourth-order valence-electron chi connectivity index (χ4n) is 0.825. The summed E-state index contributed by atoms with van der Waals surface area (Å²) < 4.78 is 5.04. The van der Waals surface area contributed by atoms with Crippen molar-refractivity contribution >= 4 is 33.3 Å². The van der Waals surface area contributed by atoms with E-state index in [4.69, 9.17) is 16.3 Å². The van der Waals surface area contributed by atoms with Crippen molar-refractivity contribution in [2.45, 2.75) is 0 Å². The summed E-state index contributed by atoms with van der Waals surface area (Å²) in [4.78, 5) is 7.79. The highest BCUT2D eigenvalue weighted by molar-refractivity contribution is 9.09. The molecule has 0 aliphatic carbocycles. The van der Waals surface area contributed by atoms with Crippen LogP contribution in [0, 0.1) is 0 Å². The molecule has 0 aliphatic rings. The average Bonchev–Trinajstić information content (AvgIpc) is 2.15. The lowest BCUT2D eigenvalue weighted by Crippen LogP contribution is -2.06. The second-order valence-corrected chi connectivity index (χ2v) is 3.31. The van der Waals surface area contributed by atoms with Gasteiger partial charge in [0.15, 0.2) is 16.7 Å². The van der Waals surface area contributed by atoms with Crippen molar-refractivity contribution in [3.8, 4) is 5.75 Å². The van der Waals surface area contributed by atoms with E-state index in [2.05, 4.69) is 31.2 Å². The van der Waals surface area contributed by atoms with Crippen LogP contribution >= 0.6 is 27.5 Å². The second-order valence-electron chi connectivity index (χ2n) is 2.16. The number of ether oxygens (including phenoxy) is 1. The Kier molecular flexibility index (Phi) is 4.24. The number of aromatic nitrogens is 2. The van der Waals surface area contributed by atoms with Crippen molar-refractivity contribution in [1.29, 1.82) is 0 Å². The Morgan fingerprint density at radius 2 is 2.38 bits per heavy atom. The largest absolute Gasteiger partial charge is 0.490 e. The quantitative estimate of drug-likeness (QED) is 0.668. The Balaban J connectivity index is 2.85. The molecular weight excluding hydrogens is 257 g/mol. The molecule has 1 aromatic heterocycles. The van der Waals surface area contributed by atoms with E-state index < -0.39 is 0 Å². The molecular formula is C7H9BrClN3O. The maximum absolute atomic E-state index is 5.78. The minimum Gasteiger partial charge on any atom is -0.490 e. The van der Waals surface area contributed by atoms with Gasteiger partial charge in [-0.3, -0.25) is 0 Å². The summed E-state index contributed by atoms with van der Waals surface area (Å²) in [7, 11) is 1.53. The molecule has 72 valence electrons. The molecule has 6 heteroatoms. The molecule has 0 aliphatic heterocycles. The zero-order valence-corrected chi connectivity index (χ0v) is 9.39. The first-order valence-electron chi connectivity index (χ1n) is 3.64. The maximum Gasteiger partial charge on any atom is 0.198 e. The molecule has 0 aromatic carbocycles. The van der Waals surface area contributed by atoms with Crippen molar-refractivity contribution < 1.29 is 4.74 Å². The van der Waals surface area contributed by atoms with Crippen LogP contribution in [0.25, 0.3) is 0 Å². The van der Waals surface area contributed by atoms with Crippen molar-refractivity contribution in [2.24, 2.45) is 0 Å². The molecule has 0 spiro atoms. The Morgan fingerprint density at radius 1 is 1.62 bits per heavy atom. The minimum atomic E-state index is 0.314. The molecule has 0 fully saturated rings. The number of rotatable bonds is 4. The average molecular weight is 267 g/mol. The monoisotopic (exact) mass is 265 g/mol. The molecule has 1 N–H and O–H groups in total. The van der Waals surface area contributed by atoms with Crippen LogP contribution in [0.2, 0.25) is 5.15 Å². The third kappa shape index (κ3) is 2.70. The van der Waals surface area contributed by atoms with E-state index in [9.17, 15) is 0 Å². The van der Waals surface area contributed by atoms with Gasteiger partial charge in [0.2, 0.25) is 0 Å². The van der Waals surface area contributed by atoms with Crippen molar-refractivity contribution in [1.82, 2.24) is 9.97 Å². The number of methoxy groups -OCH3 is 1. The number of hydrogen-bond donors (Lipinski definition) is 1. The fraction of sp³-hybridized carbons (Fsp3) is 0.429. The Labute approximate surface area is 89.8 Å². The predicted octanol–water partition coefficient (Wildman–Crippen LogP) is 1.95. The maximum atomic E-state index is 5.78. The number of anilines is 1. The molecule has 0 bridgehead atoms. The number of nitrogens with zero attached hydrogens (tertiary/aromatic N) is 2. The number of nitrogens with one attached hydrogen (secondary N) is 1. The van der Waals surface area contributed by atoms with E-state index in [-0.39, 0.29) is 0 Å². The molecule has 0 unspecified atom stereocenters. The van der Waals surface area contributed by atoms with Gasteiger partial charge in [-0.05, 0) is 0 Å². The van der Waals surface area contributed by atoms with Crippen LogP contribution in [0.3, 0.4) is 0 Å². The zero-order valence-electron chi connectivity index (χ0n) is 7.05. The van der Waals surface area contributed by atoms with Crippen LogP contribution in [-0.2, 0) is 0 Å². The Morgan fingerprint density at radius 3 is 3.00 bits per heavy atom. The Hall–Kier alpha value is -0.550. The summed E-state index contributed by atoms with van der Waals surface area (Å²) in [5.74, 6) is 1.09. The lowest BCUT2D eigenvalue weighted by molar-refractivity contribution is 0.413. The number of hydrogen-bond acceptors (Lipinski definition) is 4. The summed E-state index contributed by atoms with van der Waals surface area (Å²) in [6, 6.07) is 0. The van der Waals surface area contributed by atoms with Gasteiger partial charge >= 0.3 is 0 Å². The van der Waals surface area contributed by atoms with E-state index in [0.717, 1.165) is 11.9 Å². The Bertz CT molecular complexity index is 284. The van der Waals surface area contributed by atoms with Crippen LogP contribution in [0.15, 0.2) is 6.33 Å². The number of halogens is 2. The van der Waals surface area contributed by atoms with Crippen LogP contribution in [0.4, 0.5) is 5.82 Å². The van der Waals surface area contributed by atoms with E-state index in [1.54, 1.807) is 0 Å². The molecule has 0 saturated carbocycles. The first kappa shape index (κ1) is 10.5. The summed E-state index contributed by atoms with van der Waals surface area (Å²) >= 11 is 9.07. The fourth-order valence-corrected chi connectivity index (χ4v) is 1.23. The van der Waals surface area contributed by atoms with Gasteiger partial charge in [-0.1, -0.05) is 27.5 Å². The van der Waals surface area contributed by atoms with E-state index in [1.807, 2.05) is 0 Å². The van der Waals surface area contributed by atoms with Gasteiger partial charge < -0.3 is 10.1 Å². The van der Waals surface area contributed by atoms with Crippen LogP contribution < -0.4 is 10.1 Å². The minimum absolute atomic E-state index is 0.314. The van der Waals surface area contributed by atoms with Crippen molar-refractivity contribution in [3.63, 3.8) is 0 Å². The highest BCUT2D eigenvalue weighted by atomic mass is 79.9. The van der Waals surface area contributed by atoms with Gasteiger partial charge in [0, 0.05) is 11.9 Å². The standard InChI is InChI=1S/C7H9BrClN3O/c1-13-5-6(9)11-4-12-7(5)10-3-2-8/h4H,2-3H2,1H3,(H,10,11,12). The topological polar surface area (TPSA) is 47.0 Å². The van der Waals surface area contributed by atoms with Crippen molar-refractivity contribution in [3.05, 3.63) is 11.5 Å². The molecule has 0 radical (unpaired) electrons. The van der Waals surface area contributed by atoms with E-state index >= 15 is 0 Å². The molecule has 1 heterocycles. The first-order valence-corrected chi connectivity index (χ1v) is 5.14. The molecule has 1 aromatic rings. The van der Waals surface area contributed by atoms with Gasteiger partial charge in [-0.15, -0.1) is 0 Å². The zero-order chi connectivity index (χ0) is 9.68. The second kappa shape index (κ2) is 5.24. The third-order valence-electron chi connectivity index (χ3n) is 1.35. The predicted molar refractivity (Wildman–Crippen MR) is 55.9 cm³/mol. The molecule has 13 heavy (non-hydrogen) atoms. The first-order chi connectivity index (χ1) is 6.29. The summed E-state index contributed by atoms with van der Waals surface area (Å²) in [6.07, 6.45) is 1.39. The normalized spacial score (nSPS) is 9.77. The van der Waals surface area contributed by atoms with E-state index in [1.165, 1.54) is 13.4 Å². The van der Waals surface area contributed by atoms with Gasteiger partial charge in [-0.2, -0.15) is 0 Å². The van der Waals surface area contributed by atoms with Gasteiger partial charge in [0.1, 0.15) is 6.33 Å². The molecule has 1 rings (SSSR count). The summed E-state index contributed by atoms with van der Waals surface area (Å²) in [5.41, 5.74) is 0. The highest BCUT2D eigenvalue weighted by Gasteiger charge is 2.08.